The van der Waals surface area contributed by atoms with E-state index >= 15 is 0 Å². The number of hydrazine groups is 1. The molecule has 0 radical (unpaired) electrons. The number of carbonyl (C=O) groups excluding carboxylic acids is 2. The average molecular weight is 536 g/mol. The Morgan fingerprint density at radius 1 is 1.00 bits per heavy atom. The largest absolute Gasteiger partial charge is 0.492 e. The Hall–Kier alpha value is -2.65. The van der Waals surface area contributed by atoms with Gasteiger partial charge in [0, 0.05) is 5.56 Å². The number of rotatable bonds is 10. The van der Waals surface area contributed by atoms with E-state index in [4.69, 9.17) is 21.7 Å². The predicted molar refractivity (Wildman–Crippen MR) is 137 cm³/mol. The van der Waals surface area contributed by atoms with Crippen LogP contribution in [0.15, 0.2) is 40.9 Å². The fourth-order valence-corrected chi connectivity index (χ4v) is 3.50. The molecule has 0 aliphatic rings. The molecule has 0 heterocycles. The predicted octanol–water partition coefficient (Wildman–Crippen LogP) is 4.74. The zero-order valence-electron chi connectivity index (χ0n) is 19.1. The molecule has 3 N–H and O–H groups in total. The Morgan fingerprint density at radius 3 is 2.52 bits per heavy atom. The maximum atomic E-state index is 12.4. The van der Waals surface area contributed by atoms with Crippen LogP contribution < -0.4 is 25.6 Å². The molecule has 9 heteroatoms. The summed E-state index contributed by atoms with van der Waals surface area (Å²) in [5, 5.41) is 2.48. The molecule has 0 atom stereocenters. The molecule has 2 rings (SSSR count). The van der Waals surface area contributed by atoms with Crippen molar-refractivity contribution >= 4 is 45.1 Å². The fraction of sp³-hybridized carbons (Fsp3) is 0.375. The van der Waals surface area contributed by atoms with E-state index in [0.29, 0.717) is 28.1 Å². The molecule has 2 amide bonds. The topological polar surface area (TPSA) is 88.7 Å². The molecule has 33 heavy (non-hydrogen) atoms. The first-order valence-electron chi connectivity index (χ1n) is 10.8. The quantitative estimate of drug-likeness (QED) is 0.231. The monoisotopic (exact) mass is 535 g/mol. The maximum Gasteiger partial charge on any atom is 0.276 e. The lowest BCUT2D eigenvalue weighted by Gasteiger charge is -2.13. The number of halogens is 1. The van der Waals surface area contributed by atoms with Gasteiger partial charge in [0.1, 0.15) is 11.5 Å². The van der Waals surface area contributed by atoms with Crippen LogP contribution in [0.3, 0.4) is 0 Å². The van der Waals surface area contributed by atoms with Crippen molar-refractivity contribution in [1.29, 1.82) is 0 Å². The summed E-state index contributed by atoms with van der Waals surface area (Å²) < 4.78 is 12.0. The fourth-order valence-electron chi connectivity index (χ4n) is 2.86. The van der Waals surface area contributed by atoms with E-state index in [1.807, 2.05) is 26.0 Å². The number of aryl methyl sites for hydroxylation is 1. The van der Waals surface area contributed by atoms with Gasteiger partial charge >= 0.3 is 0 Å². The van der Waals surface area contributed by atoms with Crippen LogP contribution in [0.5, 0.6) is 11.5 Å². The van der Waals surface area contributed by atoms with Crippen molar-refractivity contribution in [2.75, 3.05) is 13.2 Å². The molecule has 0 saturated carbocycles. The molecule has 2 aromatic rings. The van der Waals surface area contributed by atoms with E-state index in [9.17, 15) is 9.59 Å². The van der Waals surface area contributed by atoms with E-state index in [1.54, 1.807) is 24.3 Å². The number of hydrogen-bond donors (Lipinski definition) is 3. The van der Waals surface area contributed by atoms with Crippen molar-refractivity contribution in [2.24, 2.45) is 0 Å². The van der Waals surface area contributed by atoms with E-state index in [2.05, 4.69) is 39.0 Å². The number of ether oxygens (including phenoxy) is 2. The van der Waals surface area contributed by atoms with Crippen LogP contribution in [-0.4, -0.2) is 30.1 Å². The summed E-state index contributed by atoms with van der Waals surface area (Å²) in [6.07, 6.45) is 4.49. The standard InChI is InChI=1S/C24H30BrN3O4S/c1-4-5-6-7-13-31-21-12-11-18(14-19(21)25)23(30)26-24(33)28-27-22(29)15-32-20-10-8-9-16(2)17(20)3/h8-12,14H,4-7,13,15H2,1-3H3,(H,27,29)(H2,26,28,30,33). The number of benzene rings is 2. The van der Waals surface area contributed by atoms with Gasteiger partial charge in [-0.05, 0) is 83.8 Å². The van der Waals surface area contributed by atoms with Crippen LogP contribution in [0, 0.1) is 13.8 Å². The number of hydrogen-bond acceptors (Lipinski definition) is 5. The number of amides is 2. The van der Waals surface area contributed by atoms with Crippen molar-refractivity contribution < 1.29 is 19.1 Å². The lowest BCUT2D eigenvalue weighted by atomic mass is 10.1. The van der Waals surface area contributed by atoms with Crippen LogP contribution >= 0.6 is 28.1 Å². The molecule has 0 spiro atoms. The number of carbonyl (C=O) groups is 2. The average Bonchev–Trinajstić information content (AvgIpc) is 2.79. The lowest BCUT2D eigenvalue weighted by Crippen LogP contribution is -2.49. The van der Waals surface area contributed by atoms with Gasteiger partial charge in [0.2, 0.25) is 0 Å². The van der Waals surface area contributed by atoms with Gasteiger partial charge in [0.15, 0.2) is 11.7 Å². The number of nitrogens with one attached hydrogen (secondary N) is 3. The van der Waals surface area contributed by atoms with Gasteiger partial charge < -0.3 is 9.47 Å². The minimum atomic E-state index is -0.435. The minimum Gasteiger partial charge on any atom is -0.492 e. The first-order valence-corrected chi connectivity index (χ1v) is 12.0. The second-order valence-electron chi connectivity index (χ2n) is 7.50. The van der Waals surface area contributed by atoms with Crippen molar-refractivity contribution in [1.82, 2.24) is 16.2 Å². The van der Waals surface area contributed by atoms with E-state index < -0.39 is 11.8 Å². The molecule has 0 aromatic heterocycles. The minimum absolute atomic E-state index is 0.0348. The Labute approximate surface area is 208 Å². The summed E-state index contributed by atoms with van der Waals surface area (Å²) in [5.74, 6) is 0.471. The summed E-state index contributed by atoms with van der Waals surface area (Å²) in [7, 11) is 0. The Morgan fingerprint density at radius 2 is 1.79 bits per heavy atom. The molecule has 0 fully saturated rings. The van der Waals surface area contributed by atoms with Crippen molar-refractivity contribution in [3.8, 4) is 11.5 Å². The molecular weight excluding hydrogens is 506 g/mol. The lowest BCUT2D eigenvalue weighted by molar-refractivity contribution is -0.123. The molecular formula is C24H30BrN3O4S. The Kier molecular flexibility index (Phi) is 11.1. The summed E-state index contributed by atoms with van der Waals surface area (Å²) >= 11 is 8.52. The third-order valence-electron chi connectivity index (χ3n) is 4.91. The van der Waals surface area contributed by atoms with E-state index in [1.165, 1.54) is 12.8 Å². The molecule has 0 aliphatic carbocycles. The van der Waals surface area contributed by atoms with Crippen LogP contribution in [0.2, 0.25) is 0 Å². The normalized spacial score (nSPS) is 10.3. The molecule has 0 saturated heterocycles. The molecule has 0 aliphatic heterocycles. The zero-order chi connectivity index (χ0) is 24.2. The van der Waals surface area contributed by atoms with Crippen LogP contribution in [-0.2, 0) is 4.79 Å². The van der Waals surface area contributed by atoms with E-state index in [0.717, 1.165) is 24.0 Å². The third-order valence-corrected chi connectivity index (χ3v) is 5.73. The highest BCUT2D eigenvalue weighted by molar-refractivity contribution is 9.10. The van der Waals surface area contributed by atoms with Crippen LogP contribution in [0.25, 0.3) is 0 Å². The van der Waals surface area contributed by atoms with Gasteiger partial charge in [-0.3, -0.25) is 25.8 Å². The van der Waals surface area contributed by atoms with Gasteiger partial charge in [-0.2, -0.15) is 0 Å². The molecule has 0 bridgehead atoms. The first-order chi connectivity index (χ1) is 15.8. The van der Waals surface area contributed by atoms with Gasteiger partial charge in [-0.1, -0.05) is 38.3 Å². The molecule has 178 valence electrons. The number of unbranched alkanes of at least 4 members (excludes halogenated alkanes) is 3. The molecule has 2 aromatic carbocycles. The first kappa shape index (κ1) is 26.6. The second kappa shape index (κ2) is 13.8. The third kappa shape index (κ3) is 9.01. The highest BCUT2D eigenvalue weighted by atomic mass is 79.9. The second-order valence-corrected chi connectivity index (χ2v) is 8.76. The molecule has 0 unspecified atom stereocenters. The highest BCUT2D eigenvalue weighted by Gasteiger charge is 2.12. The zero-order valence-corrected chi connectivity index (χ0v) is 21.5. The number of thiocarbonyl (C=S) groups is 1. The van der Waals surface area contributed by atoms with Gasteiger partial charge in [0.05, 0.1) is 11.1 Å². The summed E-state index contributed by atoms with van der Waals surface area (Å²) in [6.45, 7) is 6.50. The van der Waals surface area contributed by atoms with Gasteiger partial charge in [0.25, 0.3) is 11.8 Å². The maximum absolute atomic E-state index is 12.4. The van der Waals surface area contributed by atoms with Gasteiger partial charge in [-0.15, -0.1) is 0 Å². The van der Waals surface area contributed by atoms with Crippen molar-refractivity contribution in [3.05, 3.63) is 57.6 Å². The Bertz CT molecular complexity index is 984. The van der Waals surface area contributed by atoms with E-state index in [-0.39, 0.29) is 11.7 Å². The van der Waals surface area contributed by atoms with Crippen molar-refractivity contribution in [2.45, 2.75) is 46.5 Å². The smallest absolute Gasteiger partial charge is 0.276 e. The summed E-state index contributed by atoms with van der Waals surface area (Å²) in [6, 6.07) is 10.7. The van der Waals surface area contributed by atoms with Crippen molar-refractivity contribution in [3.63, 3.8) is 0 Å². The molecule has 7 nitrogen and oxygen atoms in total. The highest BCUT2D eigenvalue weighted by Crippen LogP contribution is 2.26. The Balaban J connectivity index is 1.75. The SMILES string of the molecule is CCCCCCOc1ccc(C(=O)NC(=S)NNC(=O)COc2cccc(C)c2C)cc1Br. The van der Waals surface area contributed by atoms with Crippen LogP contribution in [0.1, 0.15) is 54.1 Å². The summed E-state index contributed by atoms with van der Waals surface area (Å²) in [4.78, 5) is 24.4. The van der Waals surface area contributed by atoms with Gasteiger partial charge in [-0.25, -0.2) is 0 Å². The van der Waals surface area contributed by atoms with Crippen LogP contribution in [0.4, 0.5) is 0 Å². The summed E-state index contributed by atoms with van der Waals surface area (Å²) in [5.41, 5.74) is 7.35.